The predicted molar refractivity (Wildman–Crippen MR) is 117 cm³/mol. The molecule has 0 aliphatic carbocycles. The molecule has 0 radical (unpaired) electrons. The molecule has 0 unspecified atom stereocenters. The molecule has 0 bridgehead atoms. The Morgan fingerprint density at radius 1 is 1.13 bits per heavy atom. The van der Waals surface area contributed by atoms with Crippen LogP contribution in [0.2, 0.25) is 0 Å². The van der Waals surface area contributed by atoms with E-state index >= 15 is 0 Å². The highest BCUT2D eigenvalue weighted by atomic mass is 32.2. The van der Waals surface area contributed by atoms with Crippen molar-refractivity contribution in [3.63, 3.8) is 0 Å². The van der Waals surface area contributed by atoms with Crippen LogP contribution in [0.4, 0.5) is 5.69 Å². The third kappa shape index (κ3) is 4.46. The van der Waals surface area contributed by atoms with E-state index in [0.29, 0.717) is 23.6 Å². The highest BCUT2D eigenvalue weighted by Gasteiger charge is 2.36. The molecule has 1 amide bonds. The zero-order valence-corrected chi connectivity index (χ0v) is 17.8. The molecule has 1 atom stereocenters. The fraction of sp³-hybridized carbons (Fsp3) is 0.182. The molecule has 4 rings (SSSR count). The lowest BCUT2D eigenvalue weighted by Gasteiger charge is -2.22. The molecule has 160 valence electrons. The summed E-state index contributed by atoms with van der Waals surface area (Å²) in [6, 6.07) is 17.2. The van der Waals surface area contributed by atoms with Gasteiger partial charge >= 0.3 is 5.91 Å². The molecule has 0 spiro atoms. The zero-order chi connectivity index (χ0) is 22.0. The number of anilines is 1. The van der Waals surface area contributed by atoms with Crippen molar-refractivity contribution in [3.8, 4) is 5.75 Å². The third-order valence-corrected chi connectivity index (χ3v) is 5.48. The van der Waals surface area contributed by atoms with Crippen LogP contribution >= 0.6 is 0 Å². The molecule has 1 aliphatic heterocycles. The second-order valence-corrected chi connectivity index (χ2v) is 8.84. The molecule has 2 aromatic carbocycles. The molecule has 8 nitrogen and oxygen atoms in total. The molecule has 1 N–H and O–H groups in total. The Labute approximate surface area is 180 Å². The molecule has 3 aromatic rings. The number of ether oxygens (including phenoxy) is 1. The van der Waals surface area contributed by atoms with E-state index in [9.17, 15) is 13.2 Å². The normalized spacial score (nSPS) is 16.1. The summed E-state index contributed by atoms with van der Waals surface area (Å²) >= 11 is 0. The average Bonchev–Trinajstić information content (AvgIpc) is 3.43. The number of nitrogens with zero attached hydrogens (tertiary/aromatic N) is 2. The van der Waals surface area contributed by atoms with Gasteiger partial charge in [0.05, 0.1) is 31.4 Å². The number of para-hydroxylation sites is 1. The minimum atomic E-state index is -3.36. The number of carbonyl (C=O) groups is 1. The van der Waals surface area contributed by atoms with Crippen LogP contribution < -0.4 is 9.46 Å². The summed E-state index contributed by atoms with van der Waals surface area (Å²) in [4.78, 5) is 13.1. The number of amides is 1. The van der Waals surface area contributed by atoms with Gasteiger partial charge in [-0.15, -0.1) is 0 Å². The first-order valence-corrected chi connectivity index (χ1v) is 11.4. The predicted octanol–water partition coefficient (Wildman–Crippen LogP) is 3.65. The van der Waals surface area contributed by atoms with Crippen molar-refractivity contribution >= 4 is 27.3 Å². The first kappa shape index (κ1) is 20.7. The lowest BCUT2D eigenvalue weighted by atomic mass is 9.97. The van der Waals surface area contributed by atoms with Gasteiger partial charge in [0, 0.05) is 17.7 Å². The van der Waals surface area contributed by atoms with E-state index in [0.717, 1.165) is 17.4 Å². The Balaban J connectivity index is 1.69. The number of rotatable bonds is 6. The molecule has 2 heterocycles. The molecular formula is C22H21N3O5S. The van der Waals surface area contributed by atoms with Crippen molar-refractivity contribution in [2.45, 2.75) is 12.5 Å². The van der Waals surface area contributed by atoms with Gasteiger partial charge in [-0.05, 0) is 35.9 Å². The van der Waals surface area contributed by atoms with Crippen LogP contribution in [-0.2, 0) is 10.0 Å². The number of hydrogen-bond donors (Lipinski definition) is 1. The standard InChI is InChI=1S/C22H21N3O5S/c1-29-20-7-4-3-6-17(20)19-14-18(23-25(19)22(26)21-8-5-13-30-21)15-9-11-16(12-10-15)24-31(2,27)28/h3-13,19,24H,14H2,1-2H3/t19-/m1/s1. The fourth-order valence-corrected chi connectivity index (χ4v) is 4.08. The van der Waals surface area contributed by atoms with E-state index in [1.807, 2.05) is 24.3 Å². The van der Waals surface area contributed by atoms with Crippen molar-refractivity contribution in [2.75, 3.05) is 18.1 Å². The summed E-state index contributed by atoms with van der Waals surface area (Å²) in [6.07, 6.45) is 3.00. The van der Waals surface area contributed by atoms with Crippen LogP contribution in [0.25, 0.3) is 0 Å². The molecule has 1 aliphatic rings. The number of benzene rings is 2. The SMILES string of the molecule is COc1ccccc1[C@H]1CC(c2ccc(NS(C)(=O)=O)cc2)=NN1C(=O)c1ccco1. The molecule has 31 heavy (non-hydrogen) atoms. The average molecular weight is 439 g/mol. The van der Waals surface area contributed by atoms with Gasteiger partial charge < -0.3 is 9.15 Å². The van der Waals surface area contributed by atoms with E-state index in [1.165, 1.54) is 11.3 Å². The zero-order valence-electron chi connectivity index (χ0n) is 17.0. The smallest absolute Gasteiger partial charge is 0.310 e. The fourth-order valence-electron chi connectivity index (χ4n) is 3.51. The number of sulfonamides is 1. The van der Waals surface area contributed by atoms with Gasteiger partial charge in [0.1, 0.15) is 5.75 Å². The Morgan fingerprint density at radius 2 is 1.87 bits per heavy atom. The number of hydrogen-bond acceptors (Lipinski definition) is 6. The molecule has 9 heteroatoms. The van der Waals surface area contributed by atoms with Crippen LogP contribution in [0, 0.1) is 0 Å². The summed E-state index contributed by atoms with van der Waals surface area (Å²) in [7, 11) is -1.78. The highest BCUT2D eigenvalue weighted by molar-refractivity contribution is 7.92. The monoisotopic (exact) mass is 439 g/mol. The van der Waals surface area contributed by atoms with Gasteiger partial charge in [0.15, 0.2) is 5.76 Å². The van der Waals surface area contributed by atoms with Crippen molar-refractivity contribution in [3.05, 3.63) is 83.8 Å². The topological polar surface area (TPSA) is 101 Å². The van der Waals surface area contributed by atoms with Gasteiger partial charge in [-0.1, -0.05) is 30.3 Å². The van der Waals surface area contributed by atoms with Crippen molar-refractivity contribution in [2.24, 2.45) is 5.10 Å². The molecule has 1 aromatic heterocycles. The van der Waals surface area contributed by atoms with Crippen LogP contribution in [0.3, 0.4) is 0 Å². The van der Waals surface area contributed by atoms with Crippen LogP contribution in [0.1, 0.15) is 34.1 Å². The highest BCUT2D eigenvalue weighted by Crippen LogP contribution is 2.38. The van der Waals surface area contributed by atoms with Gasteiger partial charge in [-0.2, -0.15) is 5.10 Å². The maximum Gasteiger partial charge on any atom is 0.310 e. The number of carbonyl (C=O) groups excluding carboxylic acids is 1. The van der Waals surface area contributed by atoms with Crippen LogP contribution in [0.15, 0.2) is 76.4 Å². The minimum absolute atomic E-state index is 0.192. The first-order chi connectivity index (χ1) is 14.9. The molecule has 0 fully saturated rings. The third-order valence-electron chi connectivity index (χ3n) is 4.87. The summed E-state index contributed by atoms with van der Waals surface area (Å²) in [5, 5.41) is 6.01. The Morgan fingerprint density at radius 3 is 2.52 bits per heavy atom. The minimum Gasteiger partial charge on any atom is -0.496 e. The van der Waals surface area contributed by atoms with Crippen LogP contribution in [0.5, 0.6) is 5.75 Å². The Kier molecular flexibility index (Phi) is 5.51. The maximum absolute atomic E-state index is 13.1. The second kappa shape index (κ2) is 8.27. The van der Waals surface area contributed by atoms with Gasteiger partial charge in [-0.3, -0.25) is 9.52 Å². The quantitative estimate of drug-likeness (QED) is 0.632. The van der Waals surface area contributed by atoms with Crippen molar-refractivity contribution < 1.29 is 22.4 Å². The van der Waals surface area contributed by atoms with E-state index in [4.69, 9.17) is 9.15 Å². The van der Waals surface area contributed by atoms with Crippen molar-refractivity contribution in [1.29, 1.82) is 0 Å². The van der Waals surface area contributed by atoms with Gasteiger partial charge in [0.25, 0.3) is 0 Å². The van der Waals surface area contributed by atoms with Crippen molar-refractivity contribution in [1.82, 2.24) is 5.01 Å². The Bertz CT molecular complexity index is 1220. The largest absolute Gasteiger partial charge is 0.496 e. The summed E-state index contributed by atoms with van der Waals surface area (Å²) in [5.41, 5.74) is 2.77. The number of nitrogens with one attached hydrogen (secondary N) is 1. The number of hydrazone groups is 1. The van der Waals surface area contributed by atoms with E-state index < -0.39 is 10.0 Å². The maximum atomic E-state index is 13.1. The molecule has 0 saturated carbocycles. The van der Waals surface area contributed by atoms with E-state index in [1.54, 1.807) is 43.5 Å². The summed E-state index contributed by atoms with van der Waals surface area (Å²) in [6.45, 7) is 0. The summed E-state index contributed by atoms with van der Waals surface area (Å²) < 4.78 is 36.1. The van der Waals surface area contributed by atoms with E-state index in [2.05, 4.69) is 9.82 Å². The van der Waals surface area contributed by atoms with E-state index in [-0.39, 0.29) is 17.7 Å². The first-order valence-electron chi connectivity index (χ1n) is 9.51. The molecule has 0 saturated heterocycles. The number of furan rings is 1. The lowest BCUT2D eigenvalue weighted by Crippen LogP contribution is -2.27. The number of methoxy groups -OCH3 is 1. The van der Waals surface area contributed by atoms with Gasteiger partial charge in [-0.25, -0.2) is 13.4 Å². The summed E-state index contributed by atoms with van der Waals surface area (Å²) in [5.74, 6) is 0.498. The second-order valence-electron chi connectivity index (χ2n) is 7.09. The molecular weight excluding hydrogens is 418 g/mol. The van der Waals surface area contributed by atoms with Crippen LogP contribution in [-0.4, -0.2) is 38.4 Å². The Hall–Kier alpha value is -3.59. The van der Waals surface area contributed by atoms with Gasteiger partial charge in [0.2, 0.25) is 10.0 Å². The lowest BCUT2D eigenvalue weighted by molar-refractivity contribution is 0.0677.